The summed E-state index contributed by atoms with van der Waals surface area (Å²) in [7, 11) is 0. The van der Waals surface area contributed by atoms with Crippen molar-refractivity contribution in [1.29, 1.82) is 5.26 Å². The first-order valence-electron chi connectivity index (χ1n) is 9.56. The Hall–Kier alpha value is -3.01. The summed E-state index contributed by atoms with van der Waals surface area (Å²) in [6, 6.07) is 15.1. The van der Waals surface area contributed by atoms with Gasteiger partial charge in [-0.15, -0.1) is 0 Å². The number of hydrogen-bond donors (Lipinski definition) is 0. The fraction of sp³-hybridized carbons (Fsp3) is 0.364. The van der Waals surface area contributed by atoms with Gasteiger partial charge in [0.1, 0.15) is 0 Å². The lowest BCUT2D eigenvalue weighted by Crippen LogP contribution is -2.35. The Balaban J connectivity index is 1.68. The summed E-state index contributed by atoms with van der Waals surface area (Å²) in [5, 5.41) is 9.07. The standard InChI is InChI=1S/C22H22F3N3O/c23-22(24,25)19-9-7-18(16-26)15-20(19)27-11-4-12-28(14-13-27)21(29)10-8-17-5-2-1-3-6-17/h1-3,5-7,9,15H,4,8,10-14H2. The van der Waals surface area contributed by atoms with Gasteiger partial charge in [-0.2, -0.15) is 18.4 Å². The smallest absolute Gasteiger partial charge is 0.369 e. The van der Waals surface area contributed by atoms with E-state index in [1.165, 1.54) is 12.1 Å². The van der Waals surface area contributed by atoms with Crippen LogP contribution in [0.2, 0.25) is 0 Å². The van der Waals surface area contributed by atoms with Gasteiger partial charge in [0.25, 0.3) is 0 Å². The predicted molar refractivity (Wildman–Crippen MR) is 104 cm³/mol. The largest absolute Gasteiger partial charge is 0.418 e. The second-order valence-electron chi connectivity index (χ2n) is 7.05. The van der Waals surface area contributed by atoms with Gasteiger partial charge in [0.05, 0.1) is 22.9 Å². The summed E-state index contributed by atoms with van der Waals surface area (Å²) in [6.07, 6.45) is -2.91. The second kappa shape index (κ2) is 8.99. The van der Waals surface area contributed by atoms with Crippen LogP contribution < -0.4 is 4.90 Å². The van der Waals surface area contributed by atoms with Crippen LogP contribution in [-0.2, 0) is 17.4 Å². The maximum atomic E-state index is 13.4. The third-order valence-electron chi connectivity index (χ3n) is 5.09. The zero-order valence-electron chi connectivity index (χ0n) is 16.0. The van der Waals surface area contributed by atoms with Gasteiger partial charge >= 0.3 is 6.18 Å². The van der Waals surface area contributed by atoms with E-state index in [9.17, 15) is 18.0 Å². The maximum Gasteiger partial charge on any atom is 0.418 e. The van der Waals surface area contributed by atoms with Crippen LogP contribution in [0.25, 0.3) is 0 Å². The van der Waals surface area contributed by atoms with Crippen molar-refractivity contribution < 1.29 is 18.0 Å². The molecule has 152 valence electrons. The van der Waals surface area contributed by atoms with Gasteiger partial charge in [-0.1, -0.05) is 30.3 Å². The Morgan fingerprint density at radius 3 is 2.48 bits per heavy atom. The molecule has 4 nitrogen and oxygen atoms in total. The molecule has 29 heavy (non-hydrogen) atoms. The van der Waals surface area contributed by atoms with Crippen molar-refractivity contribution in [2.45, 2.75) is 25.4 Å². The van der Waals surface area contributed by atoms with E-state index in [4.69, 9.17) is 5.26 Å². The maximum absolute atomic E-state index is 13.4. The van der Waals surface area contributed by atoms with Crippen LogP contribution >= 0.6 is 0 Å². The number of alkyl halides is 3. The molecule has 1 amide bonds. The van der Waals surface area contributed by atoms with Gasteiger partial charge in [-0.05, 0) is 36.6 Å². The van der Waals surface area contributed by atoms with E-state index in [2.05, 4.69) is 0 Å². The van der Waals surface area contributed by atoms with Crippen LogP contribution in [0, 0.1) is 11.3 Å². The van der Waals surface area contributed by atoms with E-state index in [-0.39, 0.29) is 17.2 Å². The Bertz CT molecular complexity index is 890. The molecule has 0 atom stereocenters. The van der Waals surface area contributed by atoms with Crippen molar-refractivity contribution in [1.82, 2.24) is 4.90 Å². The van der Waals surface area contributed by atoms with Crippen molar-refractivity contribution in [3.8, 4) is 6.07 Å². The molecule has 0 bridgehead atoms. The Morgan fingerprint density at radius 2 is 1.79 bits per heavy atom. The topological polar surface area (TPSA) is 47.3 Å². The van der Waals surface area contributed by atoms with Crippen LogP contribution in [-0.4, -0.2) is 37.0 Å². The predicted octanol–water partition coefficient (Wildman–Crippen LogP) is 4.25. The summed E-state index contributed by atoms with van der Waals surface area (Å²) in [5.41, 5.74) is 0.531. The second-order valence-corrected chi connectivity index (χ2v) is 7.05. The first-order valence-corrected chi connectivity index (χ1v) is 9.56. The van der Waals surface area contributed by atoms with Crippen molar-refractivity contribution in [3.63, 3.8) is 0 Å². The molecule has 2 aromatic rings. The molecule has 1 fully saturated rings. The number of carbonyl (C=O) groups is 1. The number of halogens is 3. The number of carbonyl (C=O) groups excluding carboxylic acids is 1. The summed E-state index contributed by atoms with van der Waals surface area (Å²) in [4.78, 5) is 15.9. The average Bonchev–Trinajstić information content (AvgIpc) is 2.98. The number of hydrogen-bond acceptors (Lipinski definition) is 3. The van der Waals surface area contributed by atoms with Gasteiger partial charge in [0, 0.05) is 32.6 Å². The van der Waals surface area contributed by atoms with Crippen LogP contribution in [0.4, 0.5) is 18.9 Å². The van der Waals surface area contributed by atoms with E-state index in [1.807, 2.05) is 36.4 Å². The molecule has 0 saturated carbocycles. The molecule has 0 radical (unpaired) electrons. The number of rotatable bonds is 4. The van der Waals surface area contributed by atoms with E-state index >= 15 is 0 Å². The Labute approximate surface area is 168 Å². The lowest BCUT2D eigenvalue weighted by atomic mass is 10.1. The van der Waals surface area contributed by atoms with Crippen LogP contribution in [0.15, 0.2) is 48.5 Å². The molecule has 0 spiro atoms. The highest BCUT2D eigenvalue weighted by atomic mass is 19.4. The molecule has 7 heteroatoms. The minimum atomic E-state index is -4.50. The molecule has 1 aliphatic rings. The Morgan fingerprint density at radius 1 is 1.03 bits per heavy atom. The van der Waals surface area contributed by atoms with Crippen LogP contribution in [0.1, 0.15) is 29.5 Å². The molecular weight excluding hydrogens is 379 g/mol. The number of benzene rings is 2. The van der Waals surface area contributed by atoms with E-state index in [1.54, 1.807) is 9.80 Å². The van der Waals surface area contributed by atoms with Gasteiger partial charge in [-0.3, -0.25) is 4.79 Å². The van der Waals surface area contributed by atoms with Crippen LogP contribution in [0.5, 0.6) is 0 Å². The fourth-order valence-electron chi connectivity index (χ4n) is 3.56. The quantitative estimate of drug-likeness (QED) is 0.770. The summed E-state index contributed by atoms with van der Waals surface area (Å²) in [6.45, 7) is 1.58. The van der Waals surface area contributed by atoms with Gasteiger partial charge in [0.15, 0.2) is 0 Å². The first kappa shape index (κ1) is 20.7. The van der Waals surface area contributed by atoms with E-state index in [0.29, 0.717) is 45.4 Å². The van der Waals surface area contributed by atoms with E-state index < -0.39 is 11.7 Å². The fourth-order valence-corrected chi connectivity index (χ4v) is 3.56. The molecule has 0 N–H and O–H groups in total. The van der Waals surface area contributed by atoms with Crippen molar-refractivity contribution >= 4 is 11.6 Å². The van der Waals surface area contributed by atoms with Crippen molar-refractivity contribution in [2.75, 3.05) is 31.1 Å². The van der Waals surface area contributed by atoms with Gasteiger partial charge in [0.2, 0.25) is 5.91 Å². The number of aryl methyl sites for hydroxylation is 1. The summed E-state index contributed by atoms with van der Waals surface area (Å²) in [5.74, 6) is 0.0116. The monoisotopic (exact) mass is 401 g/mol. The third-order valence-corrected chi connectivity index (χ3v) is 5.09. The summed E-state index contributed by atoms with van der Waals surface area (Å²) < 4.78 is 40.3. The van der Waals surface area contributed by atoms with Crippen LogP contribution in [0.3, 0.4) is 0 Å². The lowest BCUT2D eigenvalue weighted by molar-refractivity contribution is -0.137. The number of amides is 1. The zero-order valence-corrected chi connectivity index (χ0v) is 16.0. The molecule has 0 aliphatic carbocycles. The summed E-state index contributed by atoms with van der Waals surface area (Å²) >= 11 is 0. The molecule has 2 aromatic carbocycles. The molecule has 0 aromatic heterocycles. The first-order chi connectivity index (χ1) is 13.9. The highest BCUT2D eigenvalue weighted by Crippen LogP contribution is 2.37. The lowest BCUT2D eigenvalue weighted by Gasteiger charge is -2.27. The highest BCUT2D eigenvalue weighted by molar-refractivity contribution is 5.76. The average molecular weight is 401 g/mol. The third kappa shape index (κ3) is 5.29. The van der Waals surface area contributed by atoms with Crippen molar-refractivity contribution in [2.24, 2.45) is 0 Å². The number of nitriles is 1. The van der Waals surface area contributed by atoms with Gasteiger partial charge in [-0.25, -0.2) is 0 Å². The zero-order chi connectivity index (χ0) is 20.9. The highest BCUT2D eigenvalue weighted by Gasteiger charge is 2.35. The molecule has 1 aliphatic heterocycles. The minimum absolute atomic E-state index is 0.00938. The van der Waals surface area contributed by atoms with Gasteiger partial charge < -0.3 is 9.80 Å². The van der Waals surface area contributed by atoms with Crippen molar-refractivity contribution in [3.05, 3.63) is 65.2 Å². The Kier molecular flexibility index (Phi) is 6.42. The molecule has 0 unspecified atom stereocenters. The molecule has 1 heterocycles. The SMILES string of the molecule is N#Cc1ccc(C(F)(F)F)c(N2CCCN(C(=O)CCc3ccccc3)CC2)c1. The normalized spacial score (nSPS) is 15.0. The number of anilines is 1. The molecule has 3 rings (SSSR count). The molecule has 1 saturated heterocycles. The van der Waals surface area contributed by atoms with E-state index in [0.717, 1.165) is 11.6 Å². The molecular formula is C22H22F3N3O. The number of nitrogens with zero attached hydrogens (tertiary/aromatic N) is 3. The minimum Gasteiger partial charge on any atom is -0.369 e.